The molecule has 2 aromatic heterocycles. The molecule has 0 aliphatic heterocycles. The minimum absolute atomic E-state index is 0.118. The van der Waals surface area contributed by atoms with E-state index in [1.165, 1.54) is 0 Å². The molecule has 2 N–H and O–H groups in total. The first-order valence-corrected chi connectivity index (χ1v) is 6.94. The van der Waals surface area contributed by atoms with E-state index in [1.54, 1.807) is 6.20 Å². The normalized spacial score (nSPS) is 12.2. The average Bonchev–Trinajstić information content (AvgIpc) is 2.88. The second-order valence-electron chi connectivity index (χ2n) is 4.45. The lowest BCUT2D eigenvalue weighted by Gasteiger charge is -2.14. The summed E-state index contributed by atoms with van der Waals surface area (Å²) in [6.45, 7) is 5.61. The van der Waals surface area contributed by atoms with Gasteiger partial charge in [0.1, 0.15) is 0 Å². The Labute approximate surface area is 122 Å². The Hall–Kier alpha value is -1.89. The zero-order chi connectivity index (χ0) is 14.4. The van der Waals surface area contributed by atoms with Crippen LogP contribution in [0.25, 0.3) is 0 Å². The number of rotatable bonds is 7. The summed E-state index contributed by atoms with van der Waals surface area (Å²) in [6, 6.07) is 2.01. The SMILES string of the molecule is CCCNc1nc(Cl)nc(NC(C)Cn2cccn2)n1. The molecule has 0 radical (unpaired) electrons. The van der Waals surface area contributed by atoms with Crippen molar-refractivity contribution in [2.45, 2.75) is 32.9 Å². The fourth-order valence-corrected chi connectivity index (χ4v) is 1.85. The maximum absolute atomic E-state index is 5.90. The van der Waals surface area contributed by atoms with Gasteiger partial charge in [-0.25, -0.2) is 0 Å². The molecule has 8 heteroatoms. The molecule has 2 heterocycles. The summed E-state index contributed by atoms with van der Waals surface area (Å²) in [5.74, 6) is 0.948. The Bertz CT molecular complexity index is 529. The van der Waals surface area contributed by atoms with Crippen LogP contribution in [0.2, 0.25) is 5.28 Å². The zero-order valence-electron chi connectivity index (χ0n) is 11.5. The van der Waals surface area contributed by atoms with Gasteiger partial charge in [-0.15, -0.1) is 0 Å². The van der Waals surface area contributed by atoms with Gasteiger partial charge in [0.2, 0.25) is 17.2 Å². The van der Waals surface area contributed by atoms with Crippen molar-refractivity contribution in [3.8, 4) is 0 Å². The predicted octanol–water partition coefficient (Wildman–Crippen LogP) is 2.04. The van der Waals surface area contributed by atoms with E-state index in [-0.39, 0.29) is 11.3 Å². The first kappa shape index (κ1) is 14.5. The molecule has 2 rings (SSSR count). The summed E-state index contributed by atoms with van der Waals surface area (Å²) >= 11 is 5.90. The fraction of sp³-hybridized carbons (Fsp3) is 0.500. The Morgan fingerprint density at radius 2 is 2.10 bits per heavy atom. The maximum atomic E-state index is 5.90. The van der Waals surface area contributed by atoms with Gasteiger partial charge in [0.05, 0.1) is 6.54 Å². The van der Waals surface area contributed by atoms with Crippen molar-refractivity contribution in [1.82, 2.24) is 24.7 Å². The molecule has 0 aliphatic carbocycles. The lowest BCUT2D eigenvalue weighted by molar-refractivity contribution is 0.558. The van der Waals surface area contributed by atoms with Crippen LogP contribution in [0.3, 0.4) is 0 Å². The van der Waals surface area contributed by atoms with Crippen LogP contribution in [0.15, 0.2) is 18.5 Å². The Morgan fingerprint density at radius 1 is 1.30 bits per heavy atom. The smallest absolute Gasteiger partial charge is 0.229 e. The van der Waals surface area contributed by atoms with Crippen molar-refractivity contribution in [3.63, 3.8) is 0 Å². The molecule has 108 valence electrons. The van der Waals surface area contributed by atoms with Gasteiger partial charge in [0.15, 0.2) is 0 Å². The number of nitrogens with zero attached hydrogens (tertiary/aromatic N) is 5. The van der Waals surface area contributed by atoms with Gasteiger partial charge in [-0.05, 0) is 31.0 Å². The minimum Gasteiger partial charge on any atom is -0.354 e. The zero-order valence-corrected chi connectivity index (χ0v) is 12.3. The van der Waals surface area contributed by atoms with Gasteiger partial charge in [0.25, 0.3) is 0 Å². The molecule has 0 aromatic carbocycles. The highest BCUT2D eigenvalue weighted by atomic mass is 35.5. The minimum atomic E-state index is 0.118. The third-order valence-corrected chi connectivity index (χ3v) is 2.71. The van der Waals surface area contributed by atoms with Crippen LogP contribution in [0.5, 0.6) is 0 Å². The quantitative estimate of drug-likeness (QED) is 0.813. The van der Waals surface area contributed by atoms with Crippen molar-refractivity contribution in [2.75, 3.05) is 17.2 Å². The lowest BCUT2D eigenvalue weighted by atomic mass is 10.3. The van der Waals surface area contributed by atoms with E-state index < -0.39 is 0 Å². The third kappa shape index (κ3) is 4.34. The molecule has 0 saturated heterocycles. The molecule has 0 amide bonds. The van der Waals surface area contributed by atoms with Crippen molar-refractivity contribution in [1.29, 1.82) is 0 Å². The highest BCUT2D eigenvalue weighted by Gasteiger charge is 2.08. The van der Waals surface area contributed by atoms with Crippen LogP contribution in [-0.4, -0.2) is 37.3 Å². The Kier molecular flexibility index (Phi) is 5.11. The summed E-state index contributed by atoms with van der Waals surface area (Å²) in [6.07, 6.45) is 4.65. The second kappa shape index (κ2) is 7.04. The molecule has 20 heavy (non-hydrogen) atoms. The van der Waals surface area contributed by atoms with Crippen molar-refractivity contribution in [3.05, 3.63) is 23.7 Å². The molecule has 0 bridgehead atoms. The van der Waals surface area contributed by atoms with Gasteiger partial charge in [-0.1, -0.05) is 6.92 Å². The van der Waals surface area contributed by atoms with E-state index in [0.29, 0.717) is 18.4 Å². The van der Waals surface area contributed by atoms with E-state index in [0.717, 1.165) is 13.0 Å². The van der Waals surface area contributed by atoms with Crippen LogP contribution >= 0.6 is 11.6 Å². The molecule has 0 spiro atoms. The highest BCUT2D eigenvalue weighted by Crippen LogP contribution is 2.10. The summed E-state index contributed by atoms with van der Waals surface area (Å²) in [5, 5.41) is 10.6. The number of halogens is 1. The van der Waals surface area contributed by atoms with E-state index >= 15 is 0 Å². The van der Waals surface area contributed by atoms with Crippen LogP contribution in [0, 0.1) is 0 Å². The number of nitrogens with one attached hydrogen (secondary N) is 2. The first-order valence-electron chi connectivity index (χ1n) is 6.56. The van der Waals surface area contributed by atoms with Crippen molar-refractivity contribution < 1.29 is 0 Å². The average molecular weight is 296 g/mol. The van der Waals surface area contributed by atoms with Gasteiger partial charge < -0.3 is 10.6 Å². The topological polar surface area (TPSA) is 80.5 Å². The van der Waals surface area contributed by atoms with Gasteiger partial charge in [-0.3, -0.25) is 4.68 Å². The third-order valence-electron chi connectivity index (χ3n) is 2.54. The number of aromatic nitrogens is 5. The highest BCUT2D eigenvalue weighted by molar-refractivity contribution is 6.28. The van der Waals surface area contributed by atoms with Gasteiger partial charge in [0, 0.05) is 25.0 Å². The number of hydrogen-bond acceptors (Lipinski definition) is 6. The summed E-state index contributed by atoms with van der Waals surface area (Å²) in [4.78, 5) is 12.4. The molecule has 1 unspecified atom stereocenters. The maximum Gasteiger partial charge on any atom is 0.229 e. The first-order chi connectivity index (χ1) is 9.67. The molecule has 7 nitrogen and oxygen atoms in total. The van der Waals surface area contributed by atoms with Gasteiger partial charge in [-0.2, -0.15) is 20.1 Å². The molecule has 2 aromatic rings. The Morgan fingerprint density at radius 3 is 2.80 bits per heavy atom. The summed E-state index contributed by atoms with van der Waals surface area (Å²) in [5.41, 5.74) is 0. The monoisotopic (exact) mass is 295 g/mol. The van der Waals surface area contributed by atoms with E-state index in [9.17, 15) is 0 Å². The fourth-order valence-electron chi connectivity index (χ4n) is 1.69. The van der Waals surface area contributed by atoms with Gasteiger partial charge >= 0.3 is 0 Å². The molecular formula is C12H18ClN7. The van der Waals surface area contributed by atoms with Crippen molar-refractivity contribution >= 4 is 23.5 Å². The molecular weight excluding hydrogens is 278 g/mol. The van der Waals surface area contributed by atoms with Crippen molar-refractivity contribution in [2.24, 2.45) is 0 Å². The van der Waals surface area contributed by atoms with Crippen LogP contribution in [0.4, 0.5) is 11.9 Å². The summed E-state index contributed by atoms with van der Waals surface area (Å²) < 4.78 is 1.84. The summed E-state index contributed by atoms with van der Waals surface area (Å²) in [7, 11) is 0. The lowest BCUT2D eigenvalue weighted by Crippen LogP contribution is -2.24. The van der Waals surface area contributed by atoms with E-state index in [4.69, 9.17) is 11.6 Å². The number of hydrogen-bond donors (Lipinski definition) is 2. The molecule has 0 aliphatic rings. The van der Waals surface area contributed by atoms with Crippen LogP contribution < -0.4 is 10.6 Å². The molecule has 1 atom stereocenters. The van der Waals surface area contributed by atoms with E-state index in [1.807, 2.05) is 23.9 Å². The second-order valence-corrected chi connectivity index (χ2v) is 4.79. The predicted molar refractivity (Wildman–Crippen MR) is 78.9 cm³/mol. The number of anilines is 2. The largest absolute Gasteiger partial charge is 0.354 e. The van der Waals surface area contributed by atoms with E-state index in [2.05, 4.69) is 37.6 Å². The standard InChI is InChI=1S/C12H18ClN7/c1-3-5-14-11-17-10(13)18-12(19-11)16-9(2)8-20-7-4-6-15-20/h4,6-7,9H,3,5,8H2,1-2H3,(H2,14,16,17,18,19). The van der Waals surface area contributed by atoms with Crippen LogP contribution in [0.1, 0.15) is 20.3 Å². The molecule has 0 saturated carbocycles. The molecule has 0 fully saturated rings. The van der Waals surface area contributed by atoms with Crippen LogP contribution in [-0.2, 0) is 6.54 Å². The Balaban J connectivity index is 1.98.